The van der Waals surface area contributed by atoms with Crippen LogP contribution in [0.25, 0.3) is 73.6 Å². The number of thiazole rings is 1. The molecule has 0 amide bonds. The van der Waals surface area contributed by atoms with E-state index in [0.717, 1.165) is 33.1 Å². The number of hydrogen-bond acceptors (Lipinski definition) is 4. The Morgan fingerprint density at radius 3 is 2.06 bits per heavy atom. The van der Waals surface area contributed by atoms with E-state index in [9.17, 15) is 0 Å². The zero-order valence-corrected chi connectivity index (χ0v) is 28.0. The minimum absolute atomic E-state index is 1.06. The Hall–Kier alpha value is -5.81. The maximum absolute atomic E-state index is 5.03. The lowest BCUT2D eigenvalue weighted by atomic mass is 9.94. The van der Waals surface area contributed by atoms with Gasteiger partial charge in [0.15, 0.2) is 0 Å². The highest BCUT2D eigenvalue weighted by molar-refractivity contribution is 7.28. The van der Waals surface area contributed by atoms with Crippen LogP contribution in [0.15, 0.2) is 170 Å². The smallest absolute Gasteiger partial charge is 0.124 e. The molecule has 0 saturated carbocycles. The van der Waals surface area contributed by atoms with Gasteiger partial charge in [0, 0.05) is 42.5 Å². The Morgan fingerprint density at radius 2 is 1.20 bits per heavy atom. The van der Waals surface area contributed by atoms with Crippen molar-refractivity contribution < 1.29 is 0 Å². The third-order valence-corrected chi connectivity index (χ3v) is 11.7. The summed E-state index contributed by atoms with van der Waals surface area (Å²) in [5.41, 5.74) is 8.11. The van der Waals surface area contributed by atoms with Crippen molar-refractivity contribution in [2.45, 2.75) is 0 Å². The van der Waals surface area contributed by atoms with Crippen LogP contribution < -0.4 is 4.90 Å². The number of fused-ring (bicyclic) bond motifs is 7. The lowest BCUT2D eigenvalue weighted by Crippen LogP contribution is -2.10. The third kappa shape index (κ3) is 4.72. The number of para-hydroxylation sites is 1. The van der Waals surface area contributed by atoms with Crippen molar-refractivity contribution in [3.8, 4) is 21.7 Å². The molecule has 0 aliphatic heterocycles. The maximum atomic E-state index is 5.03. The number of aromatic nitrogens is 1. The van der Waals surface area contributed by atoms with Crippen LogP contribution in [0.4, 0.5) is 17.1 Å². The van der Waals surface area contributed by atoms with Crippen LogP contribution in [0.2, 0.25) is 0 Å². The quantitative estimate of drug-likeness (QED) is 0.183. The highest BCUT2D eigenvalue weighted by atomic mass is 32.1. The average Bonchev–Trinajstić information content (AvgIpc) is 3.77. The van der Waals surface area contributed by atoms with Gasteiger partial charge in [-0.05, 0) is 75.8 Å². The molecule has 0 bridgehead atoms. The predicted octanol–water partition coefficient (Wildman–Crippen LogP) is 13.8. The lowest BCUT2D eigenvalue weighted by molar-refractivity contribution is 1.30. The van der Waals surface area contributed by atoms with Crippen molar-refractivity contribution in [2.75, 3.05) is 4.90 Å². The van der Waals surface area contributed by atoms with Crippen molar-refractivity contribution in [3.63, 3.8) is 0 Å². The second-order valence-electron chi connectivity index (χ2n) is 12.4. The van der Waals surface area contributed by atoms with E-state index in [1.807, 2.05) is 11.3 Å². The second kappa shape index (κ2) is 11.4. The molecule has 0 spiro atoms. The Balaban J connectivity index is 1.15. The Labute approximate surface area is 291 Å². The van der Waals surface area contributed by atoms with Gasteiger partial charge in [-0.25, -0.2) is 4.98 Å². The fraction of sp³-hybridized carbons (Fsp3) is 0. The predicted molar refractivity (Wildman–Crippen MR) is 213 cm³/mol. The summed E-state index contributed by atoms with van der Waals surface area (Å²) in [6.07, 6.45) is 0. The van der Waals surface area contributed by atoms with Gasteiger partial charge in [-0.3, -0.25) is 0 Å². The Kier molecular flexibility index (Phi) is 6.57. The van der Waals surface area contributed by atoms with Gasteiger partial charge in [0.1, 0.15) is 5.01 Å². The molecule has 0 fully saturated rings. The Bertz CT molecular complexity index is 2830. The largest absolute Gasteiger partial charge is 0.310 e. The topological polar surface area (TPSA) is 16.1 Å². The summed E-state index contributed by atoms with van der Waals surface area (Å²) in [4.78, 5) is 7.44. The average molecular weight is 661 g/mol. The van der Waals surface area contributed by atoms with Crippen molar-refractivity contribution in [1.29, 1.82) is 0 Å². The molecule has 2 nitrogen and oxygen atoms in total. The fourth-order valence-electron chi connectivity index (χ4n) is 7.17. The molecular formula is C45H28N2S2. The van der Waals surface area contributed by atoms with Crippen molar-refractivity contribution >= 4 is 91.7 Å². The van der Waals surface area contributed by atoms with E-state index >= 15 is 0 Å². The number of hydrogen-bond donors (Lipinski definition) is 0. The summed E-state index contributed by atoms with van der Waals surface area (Å²) in [7, 11) is 0. The molecule has 0 unspecified atom stereocenters. The van der Waals surface area contributed by atoms with Gasteiger partial charge >= 0.3 is 0 Å². The number of rotatable bonds is 5. The molecule has 49 heavy (non-hydrogen) atoms. The van der Waals surface area contributed by atoms with Crippen molar-refractivity contribution in [1.82, 2.24) is 4.98 Å². The van der Waals surface area contributed by atoms with E-state index in [-0.39, 0.29) is 0 Å². The monoisotopic (exact) mass is 660 g/mol. The molecule has 8 aromatic carbocycles. The summed E-state index contributed by atoms with van der Waals surface area (Å²) in [5, 5.41) is 8.61. The zero-order valence-electron chi connectivity index (χ0n) is 26.4. The van der Waals surface area contributed by atoms with E-state index in [2.05, 4.69) is 175 Å². The molecule has 4 heteroatoms. The zero-order chi connectivity index (χ0) is 32.3. The molecule has 0 saturated heterocycles. The first kappa shape index (κ1) is 28.2. The van der Waals surface area contributed by atoms with Gasteiger partial charge in [0.2, 0.25) is 0 Å². The summed E-state index contributed by atoms with van der Waals surface area (Å²) in [6, 6.07) is 61.4. The van der Waals surface area contributed by atoms with Gasteiger partial charge in [0.05, 0.1) is 15.9 Å². The number of anilines is 3. The molecule has 0 aliphatic carbocycles. The van der Waals surface area contributed by atoms with Gasteiger partial charge in [-0.1, -0.05) is 121 Å². The lowest BCUT2D eigenvalue weighted by Gasteiger charge is -2.27. The molecular weight excluding hydrogens is 633 g/mol. The molecule has 0 N–H and O–H groups in total. The number of nitrogens with zero attached hydrogens (tertiary/aromatic N) is 2. The fourth-order valence-corrected chi connectivity index (χ4v) is 9.51. The molecule has 0 aliphatic rings. The van der Waals surface area contributed by atoms with E-state index in [4.69, 9.17) is 4.98 Å². The maximum Gasteiger partial charge on any atom is 0.124 e. The molecule has 10 aromatic rings. The van der Waals surface area contributed by atoms with Crippen LogP contribution in [-0.4, -0.2) is 4.98 Å². The first-order valence-electron chi connectivity index (χ1n) is 16.5. The molecule has 2 heterocycles. The van der Waals surface area contributed by atoms with Gasteiger partial charge in [0.25, 0.3) is 0 Å². The van der Waals surface area contributed by atoms with Crippen LogP contribution in [0.1, 0.15) is 0 Å². The molecule has 230 valence electrons. The van der Waals surface area contributed by atoms with Crippen LogP contribution >= 0.6 is 22.7 Å². The highest BCUT2D eigenvalue weighted by Crippen LogP contribution is 2.46. The molecule has 0 atom stereocenters. The third-order valence-electron chi connectivity index (χ3n) is 9.47. The first-order valence-corrected chi connectivity index (χ1v) is 18.1. The van der Waals surface area contributed by atoms with E-state index in [1.54, 1.807) is 11.3 Å². The van der Waals surface area contributed by atoms with Gasteiger partial charge in [-0.15, -0.1) is 22.7 Å². The van der Waals surface area contributed by atoms with Gasteiger partial charge < -0.3 is 4.90 Å². The summed E-state index contributed by atoms with van der Waals surface area (Å²) in [6.45, 7) is 0. The normalized spacial score (nSPS) is 11.7. The molecule has 10 rings (SSSR count). The van der Waals surface area contributed by atoms with Crippen LogP contribution in [-0.2, 0) is 0 Å². The summed E-state index contributed by atoms with van der Waals surface area (Å²) >= 11 is 3.65. The first-order chi connectivity index (χ1) is 24.3. The number of benzene rings is 8. The van der Waals surface area contributed by atoms with E-state index < -0.39 is 0 Å². The van der Waals surface area contributed by atoms with Crippen LogP contribution in [0.3, 0.4) is 0 Å². The summed E-state index contributed by atoms with van der Waals surface area (Å²) in [5.74, 6) is 0. The van der Waals surface area contributed by atoms with Crippen molar-refractivity contribution in [3.05, 3.63) is 170 Å². The van der Waals surface area contributed by atoms with Crippen molar-refractivity contribution in [2.24, 2.45) is 0 Å². The van der Waals surface area contributed by atoms with Crippen LogP contribution in [0.5, 0.6) is 0 Å². The molecule has 0 radical (unpaired) electrons. The van der Waals surface area contributed by atoms with E-state index in [0.29, 0.717) is 0 Å². The second-order valence-corrected chi connectivity index (χ2v) is 14.4. The van der Waals surface area contributed by atoms with Gasteiger partial charge in [-0.2, -0.15) is 0 Å². The summed E-state index contributed by atoms with van der Waals surface area (Å²) < 4.78 is 3.82. The highest BCUT2D eigenvalue weighted by Gasteiger charge is 2.20. The molecule has 2 aromatic heterocycles. The SMILES string of the molecule is c1ccc(-c2nc3ccc4sc5cc(N(c6ccccc6)c6ccc(-c7ccc8ccccc8c7)c7ccccc67)ccc5c4c3s2)cc1. The Morgan fingerprint density at radius 1 is 0.449 bits per heavy atom. The van der Waals surface area contributed by atoms with Crippen LogP contribution in [0, 0.1) is 0 Å². The number of thiophene rings is 1. The standard InChI is InChI=1S/C45H28N2S2/c1-3-12-30(13-4-1)45-46-39-24-26-41-43(44(39)49-45)38-22-21-34(28-42(38)48-41)47(33-15-5-2-6-16-33)40-25-23-35(36-17-9-10-18-37(36)40)32-20-19-29-11-7-8-14-31(29)27-32/h1-28H. The van der Waals surface area contributed by atoms with E-state index in [1.165, 1.54) is 57.5 Å². The minimum Gasteiger partial charge on any atom is -0.310 e. The minimum atomic E-state index is 1.06.